The number of allylic oxidation sites excluding steroid dienone is 2. The molecule has 2 fully saturated rings. The lowest BCUT2D eigenvalue weighted by atomic mass is 10.1. The summed E-state index contributed by atoms with van der Waals surface area (Å²) in [5.41, 5.74) is 0.877. The van der Waals surface area contributed by atoms with Crippen molar-refractivity contribution in [1.82, 2.24) is 25.1 Å². The fourth-order valence-corrected chi connectivity index (χ4v) is 4.20. The summed E-state index contributed by atoms with van der Waals surface area (Å²) in [6.45, 7) is 0.339. The molecule has 11 heteroatoms. The third-order valence-corrected chi connectivity index (χ3v) is 6.52. The van der Waals surface area contributed by atoms with Crippen molar-refractivity contribution in [3.63, 3.8) is 0 Å². The molecule has 4 heterocycles. The first-order chi connectivity index (χ1) is 16.2. The fourth-order valence-electron chi connectivity index (χ4n) is 4.20. The minimum atomic E-state index is -2.72. The number of nitrogens with zero attached hydrogens (tertiary/aromatic N) is 3. The van der Waals surface area contributed by atoms with E-state index < -0.39 is 23.3 Å². The van der Waals surface area contributed by atoms with Crippen LogP contribution in [0.1, 0.15) is 36.0 Å². The van der Waals surface area contributed by atoms with Gasteiger partial charge in [0.25, 0.3) is 17.7 Å². The molecule has 0 bridgehead atoms. The molecule has 0 radical (unpaired) electrons. The molecule has 9 nitrogen and oxygen atoms in total. The number of hydrogen-bond acceptors (Lipinski definition) is 5. The molecule has 178 valence electrons. The number of pyridine rings is 1. The van der Waals surface area contributed by atoms with Gasteiger partial charge in [0.05, 0.1) is 12.1 Å². The van der Waals surface area contributed by atoms with E-state index in [4.69, 9.17) is 0 Å². The number of rotatable bonds is 5. The van der Waals surface area contributed by atoms with Gasteiger partial charge in [-0.15, -0.1) is 0 Å². The van der Waals surface area contributed by atoms with Crippen molar-refractivity contribution in [2.75, 3.05) is 19.6 Å². The van der Waals surface area contributed by atoms with Crippen molar-refractivity contribution in [2.45, 2.75) is 37.1 Å². The minimum absolute atomic E-state index is 0.0132. The van der Waals surface area contributed by atoms with Gasteiger partial charge in [0, 0.05) is 49.4 Å². The molecular weight excluding hydrogens is 448 g/mol. The molecule has 2 aromatic rings. The number of alkyl halides is 2. The second-order valence-corrected chi connectivity index (χ2v) is 8.90. The number of carbonyl (C=O) groups excluding carboxylic acids is 2. The van der Waals surface area contributed by atoms with Gasteiger partial charge in [-0.25, -0.2) is 18.6 Å². The number of likely N-dealkylation sites (tertiary alicyclic amines) is 1. The maximum atomic E-state index is 13.4. The molecule has 3 aliphatic rings. The number of halogens is 2. The van der Waals surface area contributed by atoms with Crippen molar-refractivity contribution < 1.29 is 28.3 Å². The monoisotopic (exact) mass is 471 g/mol. The van der Waals surface area contributed by atoms with E-state index in [9.17, 15) is 28.3 Å². The van der Waals surface area contributed by atoms with Crippen LogP contribution in [0.15, 0.2) is 42.4 Å². The number of nitrogens with one attached hydrogen (secondary N) is 2. The number of carboxylic acid groups (broad SMARTS) is 1. The van der Waals surface area contributed by atoms with Crippen molar-refractivity contribution in [3.05, 3.63) is 47.9 Å². The zero-order valence-electron chi connectivity index (χ0n) is 18.2. The average Bonchev–Trinajstić information content (AvgIpc) is 3.49. The highest BCUT2D eigenvalue weighted by Gasteiger charge is 2.52. The summed E-state index contributed by atoms with van der Waals surface area (Å²) in [5.74, 6) is -4.54. The van der Waals surface area contributed by atoms with Gasteiger partial charge in [0.2, 0.25) is 0 Å². The highest BCUT2D eigenvalue weighted by Crippen LogP contribution is 2.35. The molecule has 3 N–H and O–H groups in total. The average molecular weight is 471 g/mol. The maximum absolute atomic E-state index is 13.4. The van der Waals surface area contributed by atoms with Crippen LogP contribution in [0.3, 0.4) is 0 Å². The van der Waals surface area contributed by atoms with Crippen LogP contribution in [0.5, 0.6) is 0 Å². The first-order valence-electron chi connectivity index (χ1n) is 11.0. The Bertz CT molecular complexity index is 1250. The molecule has 0 aromatic carbocycles. The van der Waals surface area contributed by atoms with Crippen molar-refractivity contribution in [2.24, 2.45) is 0 Å². The summed E-state index contributed by atoms with van der Waals surface area (Å²) in [7, 11) is 0. The van der Waals surface area contributed by atoms with Gasteiger partial charge in [0.1, 0.15) is 16.9 Å². The Morgan fingerprint density at radius 1 is 1.12 bits per heavy atom. The summed E-state index contributed by atoms with van der Waals surface area (Å²) in [6, 6.07) is 3.50. The lowest BCUT2D eigenvalue weighted by Crippen LogP contribution is -2.46. The van der Waals surface area contributed by atoms with E-state index in [2.05, 4.69) is 15.6 Å². The van der Waals surface area contributed by atoms with Gasteiger partial charge < -0.3 is 25.2 Å². The van der Waals surface area contributed by atoms with Crippen molar-refractivity contribution in [1.29, 1.82) is 0 Å². The van der Waals surface area contributed by atoms with Crippen LogP contribution in [0, 0.1) is 0 Å². The number of aromatic nitrogens is 2. The third-order valence-electron chi connectivity index (χ3n) is 6.52. The number of fused-ring (bicyclic) bond motifs is 1. The zero-order chi connectivity index (χ0) is 24.1. The Labute approximate surface area is 193 Å². The molecule has 2 aromatic heterocycles. The zero-order valence-corrected chi connectivity index (χ0v) is 18.2. The number of piperidine rings is 1. The SMILES string of the molecule is O=C(NC1(C(=O)O)CC1)C1=CC=C(n2ccc3cc(C(=O)N4CCC(F)(F)CC4)cnc32)CN1. The second-order valence-electron chi connectivity index (χ2n) is 8.90. The van der Waals surface area contributed by atoms with Gasteiger partial charge in [-0.05, 0) is 37.1 Å². The Kier molecular flexibility index (Phi) is 5.14. The minimum Gasteiger partial charge on any atom is -0.480 e. The smallest absolute Gasteiger partial charge is 0.329 e. The predicted molar refractivity (Wildman–Crippen MR) is 118 cm³/mol. The van der Waals surface area contributed by atoms with Crippen LogP contribution in [0.25, 0.3) is 16.7 Å². The van der Waals surface area contributed by atoms with Gasteiger partial charge in [-0.1, -0.05) is 0 Å². The van der Waals surface area contributed by atoms with Crippen LogP contribution in [0.2, 0.25) is 0 Å². The lowest BCUT2D eigenvalue weighted by molar-refractivity contribution is -0.142. The van der Waals surface area contributed by atoms with E-state index in [1.54, 1.807) is 30.5 Å². The maximum Gasteiger partial charge on any atom is 0.329 e. The quantitative estimate of drug-likeness (QED) is 0.614. The van der Waals surface area contributed by atoms with E-state index in [-0.39, 0.29) is 37.5 Å². The first kappa shape index (κ1) is 22.1. The number of amides is 2. The van der Waals surface area contributed by atoms with E-state index in [0.29, 0.717) is 30.6 Å². The summed E-state index contributed by atoms with van der Waals surface area (Å²) in [6.07, 6.45) is 6.73. The van der Waals surface area contributed by atoms with Gasteiger partial charge in [0.15, 0.2) is 0 Å². The number of carbonyl (C=O) groups is 3. The van der Waals surface area contributed by atoms with E-state index >= 15 is 0 Å². The number of dihydropyridines is 1. The van der Waals surface area contributed by atoms with Crippen molar-refractivity contribution >= 4 is 34.5 Å². The Morgan fingerprint density at radius 2 is 1.85 bits per heavy atom. The van der Waals surface area contributed by atoms with Crippen LogP contribution >= 0.6 is 0 Å². The Hall–Kier alpha value is -3.76. The highest BCUT2D eigenvalue weighted by atomic mass is 19.3. The first-order valence-corrected chi connectivity index (χ1v) is 11.0. The number of aliphatic carboxylic acids is 1. The predicted octanol–water partition coefficient (Wildman–Crippen LogP) is 1.97. The molecule has 1 saturated heterocycles. The standard InChI is InChI=1S/C23H23F2N5O4/c24-23(25)6-9-29(10-7-23)20(32)15-11-14-3-8-30(18(14)27-12-15)16-1-2-17(26-13-16)19(31)28-22(4-5-22)21(33)34/h1-3,8,11-12,26H,4-7,9-10,13H2,(H,28,31)(H,33,34). The molecule has 0 unspecified atom stereocenters. The largest absolute Gasteiger partial charge is 0.480 e. The third kappa shape index (κ3) is 4.02. The van der Waals surface area contributed by atoms with Crippen LogP contribution in [-0.4, -0.2) is 68.4 Å². The van der Waals surface area contributed by atoms with Crippen LogP contribution in [0.4, 0.5) is 8.78 Å². The van der Waals surface area contributed by atoms with E-state index in [0.717, 1.165) is 11.1 Å². The molecule has 2 aliphatic heterocycles. The molecular formula is C23H23F2N5O4. The Balaban J connectivity index is 1.31. The number of hydrogen-bond donors (Lipinski definition) is 3. The van der Waals surface area contributed by atoms with E-state index in [1.807, 2.05) is 4.57 Å². The molecule has 2 amide bonds. The lowest BCUT2D eigenvalue weighted by Gasteiger charge is -2.31. The van der Waals surface area contributed by atoms with Gasteiger partial charge in [-0.2, -0.15) is 0 Å². The normalized spacial score (nSPS) is 20.7. The van der Waals surface area contributed by atoms with Crippen LogP contribution in [-0.2, 0) is 9.59 Å². The van der Waals surface area contributed by atoms with E-state index in [1.165, 1.54) is 11.1 Å². The molecule has 1 aliphatic carbocycles. The number of carboxylic acids is 1. The van der Waals surface area contributed by atoms with Crippen LogP contribution < -0.4 is 10.6 Å². The molecule has 0 atom stereocenters. The second kappa shape index (κ2) is 7.93. The summed E-state index contributed by atoms with van der Waals surface area (Å²) in [5, 5.41) is 15.5. The van der Waals surface area contributed by atoms with Gasteiger partial charge >= 0.3 is 5.97 Å². The highest BCUT2D eigenvalue weighted by molar-refractivity contribution is 5.99. The molecule has 1 saturated carbocycles. The summed E-state index contributed by atoms with van der Waals surface area (Å²) < 4.78 is 28.6. The topological polar surface area (TPSA) is 117 Å². The fraction of sp³-hybridized carbons (Fsp3) is 0.391. The van der Waals surface area contributed by atoms with Gasteiger partial charge in [-0.3, -0.25) is 9.59 Å². The molecule has 34 heavy (non-hydrogen) atoms. The van der Waals surface area contributed by atoms with Crippen molar-refractivity contribution in [3.8, 4) is 0 Å². The molecule has 5 rings (SSSR count). The molecule has 0 spiro atoms. The summed E-state index contributed by atoms with van der Waals surface area (Å²) >= 11 is 0. The summed E-state index contributed by atoms with van der Waals surface area (Å²) in [4.78, 5) is 42.3. The Morgan fingerprint density at radius 3 is 2.47 bits per heavy atom.